The zero-order chi connectivity index (χ0) is 15.0. The molecule has 1 amide bonds. The van der Waals surface area contributed by atoms with Gasteiger partial charge in [-0.3, -0.25) is 24.4 Å². The molecule has 0 radical (unpaired) electrons. The number of hydrogen-bond donors (Lipinski definition) is 1. The average molecular weight is 286 g/mol. The lowest BCUT2D eigenvalue weighted by Gasteiger charge is -2.28. The molecule has 1 unspecified atom stereocenters. The summed E-state index contributed by atoms with van der Waals surface area (Å²) in [5.74, 6) is 1.23. The maximum absolute atomic E-state index is 11.5. The number of carbonyl (C=O) groups excluding carboxylic acids is 2. The number of rotatable bonds is 3. The Morgan fingerprint density at radius 2 is 2.43 bits per heavy atom. The van der Waals surface area contributed by atoms with Crippen LogP contribution in [0.15, 0.2) is 35.1 Å². The number of fused-ring (bicyclic) bond motifs is 1. The SMILES string of the molecule is C=NC1C=C(N2COc3cc(C=O)[nH]c32)C=CN1C(C)=O. The molecule has 0 bridgehead atoms. The van der Waals surface area contributed by atoms with Crippen LogP contribution >= 0.6 is 0 Å². The van der Waals surface area contributed by atoms with Gasteiger partial charge in [0.15, 0.2) is 24.6 Å². The third-order valence-corrected chi connectivity index (χ3v) is 3.40. The molecule has 1 aromatic heterocycles. The standard InChI is InChI=1S/C14H14N4O3/c1-9(20)17-4-3-11(6-13(17)15-2)18-8-21-12-5-10(7-19)16-14(12)18/h3-7,13,16H,2,8H2,1H3. The Labute approximate surface area is 121 Å². The highest BCUT2D eigenvalue weighted by atomic mass is 16.5. The van der Waals surface area contributed by atoms with Crippen LogP contribution in [-0.4, -0.2) is 41.7 Å². The van der Waals surface area contributed by atoms with Gasteiger partial charge >= 0.3 is 0 Å². The van der Waals surface area contributed by atoms with E-state index in [9.17, 15) is 9.59 Å². The molecule has 0 aliphatic carbocycles. The second kappa shape index (κ2) is 4.93. The number of carbonyl (C=O) groups is 2. The van der Waals surface area contributed by atoms with Crippen molar-refractivity contribution < 1.29 is 14.3 Å². The molecule has 0 saturated heterocycles. The second-order valence-electron chi connectivity index (χ2n) is 4.69. The summed E-state index contributed by atoms with van der Waals surface area (Å²) in [4.78, 5) is 32.6. The summed E-state index contributed by atoms with van der Waals surface area (Å²) in [5.41, 5.74) is 1.27. The third-order valence-electron chi connectivity index (χ3n) is 3.40. The summed E-state index contributed by atoms with van der Waals surface area (Å²) in [5, 5.41) is 0. The smallest absolute Gasteiger partial charge is 0.225 e. The molecule has 0 saturated carbocycles. The number of amides is 1. The van der Waals surface area contributed by atoms with Gasteiger partial charge in [0.25, 0.3) is 0 Å². The van der Waals surface area contributed by atoms with Gasteiger partial charge in [-0.05, 0) is 18.9 Å². The van der Waals surface area contributed by atoms with E-state index in [0.29, 0.717) is 24.0 Å². The molecular formula is C14H14N4O3. The van der Waals surface area contributed by atoms with E-state index in [-0.39, 0.29) is 5.91 Å². The normalized spacial score (nSPS) is 19.9. The van der Waals surface area contributed by atoms with E-state index in [4.69, 9.17) is 4.74 Å². The molecule has 2 aliphatic rings. The molecule has 0 fully saturated rings. The van der Waals surface area contributed by atoms with Crippen LogP contribution in [-0.2, 0) is 4.79 Å². The van der Waals surface area contributed by atoms with Crippen molar-refractivity contribution in [2.24, 2.45) is 4.99 Å². The fourth-order valence-electron chi connectivity index (χ4n) is 2.37. The van der Waals surface area contributed by atoms with Gasteiger partial charge in [-0.25, -0.2) is 0 Å². The first-order valence-corrected chi connectivity index (χ1v) is 6.37. The summed E-state index contributed by atoms with van der Waals surface area (Å²) in [6.07, 6.45) is 5.55. The predicted octanol–water partition coefficient (Wildman–Crippen LogP) is 1.27. The van der Waals surface area contributed by atoms with Crippen LogP contribution in [0.5, 0.6) is 5.75 Å². The van der Waals surface area contributed by atoms with Gasteiger partial charge in [0.05, 0.1) is 5.69 Å². The molecule has 7 heteroatoms. The molecule has 2 aliphatic heterocycles. The fourth-order valence-corrected chi connectivity index (χ4v) is 2.37. The minimum Gasteiger partial charge on any atom is -0.469 e. The Morgan fingerprint density at radius 3 is 3.10 bits per heavy atom. The number of aldehydes is 1. The number of ether oxygens (including phenoxy) is 1. The lowest BCUT2D eigenvalue weighted by atomic mass is 10.2. The van der Waals surface area contributed by atoms with E-state index in [1.54, 1.807) is 18.3 Å². The Morgan fingerprint density at radius 1 is 1.62 bits per heavy atom. The Bertz CT molecular complexity index is 674. The largest absolute Gasteiger partial charge is 0.469 e. The van der Waals surface area contributed by atoms with Crippen molar-refractivity contribution in [2.45, 2.75) is 13.1 Å². The number of anilines is 1. The summed E-state index contributed by atoms with van der Waals surface area (Å²) < 4.78 is 5.52. The maximum Gasteiger partial charge on any atom is 0.225 e. The first-order valence-electron chi connectivity index (χ1n) is 6.37. The van der Waals surface area contributed by atoms with Crippen molar-refractivity contribution >= 4 is 24.7 Å². The van der Waals surface area contributed by atoms with E-state index in [0.717, 1.165) is 12.0 Å². The third kappa shape index (κ3) is 2.12. The number of aliphatic imine (C=N–C) groups is 1. The van der Waals surface area contributed by atoms with E-state index in [1.165, 1.54) is 11.8 Å². The van der Waals surface area contributed by atoms with Gasteiger partial charge in [-0.2, -0.15) is 0 Å². The zero-order valence-corrected chi connectivity index (χ0v) is 11.4. The second-order valence-corrected chi connectivity index (χ2v) is 4.69. The maximum atomic E-state index is 11.5. The van der Waals surface area contributed by atoms with Crippen molar-refractivity contribution in [3.8, 4) is 5.75 Å². The predicted molar refractivity (Wildman–Crippen MR) is 77.2 cm³/mol. The van der Waals surface area contributed by atoms with Crippen LogP contribution < -0.4 is 9.64 Å². The number of H-pyrrole nitrogens is 1. The molecular weight excluding hydrogens is 272 g/mol. The molecule has 0 aromatic carbocycles. The van der Waals surface area contributed by atoms with Gasteiger partial charge in [0.1, 0.15) is 6.17 Å². The molecule has 3 heterocycles. The minimum atomic E-state index is -0.452. The first kappa shape index (κ1) is 13.2. The molecule has 7 nitrogen and oxygen atoms in total. The summed E-state index contributed by atoms with van der Waals surface area (Å²) in [7, 11) is 0. The van der Waals surface area contributed by atoms with Crippen molar-refractivity contribution in [3.63, 3.8) is 0 Å². The van der Waals surface area contributed by atoms with Gasteiger partial charge in [-0.15, -0.1) is 0 Å². The molecule has 1 N–H and O–H groups in total. The lowest BCUT2D eigenvalue weighted by molar-refractivity contribution is -0.127. The highest BCUT2D eigenvalue weighted by Crippen LogP contribution is 2.37. The summed E-state index contributed by atoms with van der Waals surface area (Å²) in [6, 6.07) is 1.65. The quantitative estimate of drug-likeness (QED) is 0.670. The number of nitrogens with zero attached hydrogens (tertiary/aromatic N) is 3. The Kier molecular flexibility index (Phi) is 3.09. The minimum absolute atomic E-state index is 0.111. The zero-order valence-electron chi connectivity index (χ0n) is 11.4. The van der Waals surface area contributed by atoms with Crippen LogP contribution in [0, 0.1) is 0 Å². The van der Waals surface area contributed by atoms with Crippen LogP contribution in [0.1, 0.15) is 17.4 Å². The monoisotopic (exact) mass is 286 g/mol. The summed E-state index contributed by atoms with van der Waals surface area (Å²) in [6.45, 7) is 5.32. The van der Waals surface area contributed by atoms with E-state index in [1.807, 2.05) is 11.0 Å². The molecule has 1 atom stereocenters. The molecule has 1 aromatic rings. The van der Waals surface area contributed by atoms with Crippen molar-refractivity contribution in [2.75, 3.05) is 11.6 Å². The lowest BCUT2D eigenvalue weighted by Crippen LogP contribution is -2.36. The van der Waals surface area contributed by atoms with Crippen molar-refractivity contribution in [3.05, 3.63) is 35.8 Å². The molecule has 3 rings (SSSR count). The van der Waals surface area contributed by atoms with Crippen LogP contribution in [0.4, 0.5) is 5.82 Å². The van der Waals surface area contributed by atoms with E-state index >= 15 is 0 Å². The average Bonchev–Trinajstić information content (AvgIpc) is 3.05. The number of aromatic amines is 1. The van der Waals surface area contributed by atoms with Gasteiger partial charge in [-0.1, -0.05) is 0 Å². The highest BCUT2D eigenvalue weighted by Gasteiger charge is 2.28. The Hall–Kier alpha value is -2.83. The topological polar surface area (TPSA) is 78.0 Å². The molecule has 108 valence electrons. The molecule has 21 heavy (non-hydrogen) atoms. The fraction of sp³-hybridized carbons (Fsp3) is 0.214. The van der Waals surface area contributed by atoms with Gasteiger partial charge in [0, 0.05) is 24.9 Å². The van der Waals surface area contributed by atoms with E-state index < -0.39 is 6.17 Å². The first-order chi connectivity index (χ1) is 10.1. The van der Waals surface area contributed by atoms with Crippen molar-refractivity contribution in [1.29, 1.82) is 0 Å². The number of aromatic nitrogens is 1. The van der Waals surface area contributed by atoms with E-state index in [2.05, 4.69) is 16.7 Å². The highest BCUT2D eigenvalue weighted by molar-refractivity contribution is 5.79. The van der Waals surface area contributed by atoms with Gasteiger partial charge < -0.3 is 9.72 Å². The number of allylic oxidation sites excluding steroid dienone is 1. The van der Waals surface area contributed by atoms with Crippen LogP contribution in [0.2, 0.25) is 0 Å². The number of hydrogen-bond acceptors (Lipinski definition) is 5. The van der Waals surface area contributed by atoms with Crippen LogP contribution in [0.3, 0.4) is 0 Å². The summed E-state index contributed by atoms with van der Waals surface area (Å²) >= 11 is 0. The van der Waals surface area contributed by atoms with Crippen molar-refractivity contribution in [1.82, 2.24) is 9.88 Å². The molecule has 0 spiro atoms. The number of nitrogens with one attached hydrogen (secondary N) is 1. The Balaban J connectivity index is 1.91. The van der Waals surface area contributed by atoms with Gasteiger partial charge in [0.2, 0.25) is 5.91 Å². The van der Waals surface area contributed by atoms with Crippen LogP contribution in [0.25, 0.3) is 0 Å².